The van der Waals surface area contributed by atoms with E-state index in [1.165, 1.54) is 7.11 Å². The number of rotatable bonds is 11. The summed E-state index contributed by atoms with van der Waals surface area (Å²) in [7, 11) is 1.28. The molecule has 4 aromatic rings. The first-order valence-electron chi connectivity index (χ1n) is 17.7. The van der Waals surface area contributed by atoms with Gasteiger partial charge in [-0.15, -0.1) is 0 Å². The lowest BCUT2D eigenvalue weighted by molar-refractivity contribution is -0.135. The Kier molecular flexibility index (Phi) is 13.2. The summed E-state index contributed by atoms with van der Waals surface area (Å²) in [6, 6.07) is 15.6. The molecule has 2 aromatic heterocycles. The van der Waals surface area contributed by atoms with Crippen LogP contribution in [0, 0.1) is 5.92 Å². The second-order valence-corrected chi connectivity index (χ2v) is 13.0. The molecule has 0 saturated carbocycles. The number of aromatic nitrogens is 4. The molecule has 0 fully saturated rings. The van der Waals surface area contributed by atoms with Gasteiger partial charge in [0, 0.05) is 19.6 Å². The fourth-order valence-corrected chi connectivity index (χ4v) is 6.01. The van der Waals surface area contributed by atoms with Gasteiger partial charge in [-0.05, 0) is 53.9 Å². The molecule has 0 radical (unpaired) electrons. The molecule has 2 atom stereocenters. The second kappa shape index (κ2) is 18.1. The molecule has 1 aliphatic heterocycles. The summed E-state index contributed by atoms with van der Waals surface area (Å²) in [6.07, 6.45) is 10.6. The van der Waals surface area contributed by atoms with E-state index in [1.54, 1.807) is 11.1 Å². The highest BCUT2D eigenvalue weighted by atomic mass is 16.5. The Morgan fingerprint density at radius 2 is 1.61 bits per heavy atom. The first-order chi connectivity index (χ1) is 24.7. The van der Waals surface area contributed by atoms with E-state index in [9.17, 15) is 14.4 Å². The summed E-state index contributed by atoms with van der Waals surface area (Å²) < 4.78 is 10.5. The Hall–Kier alpha value is -5.23. The minimum Gasteiger partial charge on any atom is -0.453 e. The molecule has 2 unspecified atom stereocenters. The van der Waals surface area contributed by atoms with Crippen molar-refractivity contribution in [1.29, 1.82) is 0 Å². The third kappa shape index (κ3) is 10.2. The van der Waals surface area contributed by atoms with Crippen molar-refractivity contribution >= 4 is 17.9 Å². The second-order valence-electron chi connectivity index (χ2n) is 13.0. The zero-order valence-corrected chi connectivity index (χ0v) is 29.9. The maximum absolute atomic E-state index is 13.4. The average molecular weight is 696 g/mol. The number of aromatic amines is 2. The van der Waals surface area contributed by atoms with Crippen LogP contribution in [0.4, 0.5) is 4.79 Å². The van der Waals surface area contributed by atoms with Crippen molar-refractivity contribution in [2.75, 3.05) is 26.9 Å². The van der Waals surface area contributed by atoms with Crippen molar-refractivity contribution in [2.45, 2.75) is 71.5 Å². The zero-order valence-electron chi connectivity index (χ0n) is 29.9. The molecule has 0 saturated heterocycles. The topological polar surface area (TPSA) is 154 Å². The number of nitrogens with one attached hydrogen (secondary N) is 4. The SMILES string of the molecule is CCCN(Cc1ncc(-c2ccc(-c3ccc(-c4cnc(C5CCOC/C=C\CCCC(=O)N5)[nH]4)cc3)cc2)[nH]1)C(=O)C(NC(=O)OC)C(C)C. The number of carbonyl (C=O) groups is 3. The number of imidazole rings is 2. The number of alkyl carbamates (subject to hydrolysis) is 1. The van der Waals surface area contributed by atoms with Crippen molar-refractivity contribution in [1.82, 2.24) is 35.5 Å². The molecule has 0 bridgehead atoms. The molecule has 51 heavy (non-hydrogen) atoms. The lowest BCUT2D eigenvalue weighted by atomic mass is 10.0. The van der Waals surface area contributed by atoms with Crippen LogP contribution in [0.1, 0.15) is 70.6 Å². The van der Waals surface area contributed by atoms with Crippen molar-refractivity contribution in [3.8, 4) is 33.6 Å². The van der Waals surface area contributed by atoms with E-state index in [0.29, 0.717) is 45.0 Å². The largest absolute Gasteiger partial charge is 0.453 e. The van der Waals surface area contributed by atoms with E-state index in [2.05, 4.69) is 73.0 Å². The molecule has 2 aromatic carbocycles. The Balaban J connectivity index is 1.22. The molecular weight excluding hydrogens is 646 g/mol. The Bertz CT molecular complexity index is 1760. The first kappa shape index (κ1) is 37.0. The van der Waals surface area contributed by atoms with E-state index < -0.39 is 12.1 Å². The predicted molar refractivity (Wildman–Crippen MR) is 196 cm³/mol. The van der Waals surface area contributed by atoms with Crippen molar-refractivity contribution in [3.63, 3.8) is 0 Å². The minimum absolute atomic E-state index is 0.0204. The van der Waals surface area contributed by atoms with Crippen LogP contribution < -0.4 is 10.6 Å². The van der Waals surface area contributed by atoms with Gasteiger partial charge in [-0.25, -0.2) is 14.8 Å². The maximum Gasteiger partial charge on any atom is 0.407 e. The van der Waals surface area contributed by atoms with E-state index in [4.69, 9.17) is 9.47 Å². The fourth-order valence-electron chi connectivity index (χ4n) is 6.01. The predicted octanol–water partition coefficient (Wildman–Crippen LogP) is 6.56. The maximum atomic E-state index is 13.4. The number of ether oxygens (including phenoxy) is 2. The molecular formula is C39H49N7O5. The molecule has 4 N–H and O–H groups in total. The van der Waals surface area contributed by atoms with Crippen LogP contribution in [-0.4, -0.2) is 75.7 Å². The molecule has 1 aliphatic rings. The van der Waals surface area contributed by atoms with Crippen LogP contribution in [0.5, 0.6) is 0 Å². The number of amides is 3. The monoisotopic (exact) mass is 695 g/mol. The number of hydrogen-bond donors (Lipinski definition) is 4. The lowest BCUT2D eigenvalue weighted by Crippen LogP contribution is -2.51. The molecule has 5 rings (SSSR count). The number of nitrogens with zero attached hydrogens (tertiary/aromatic N) is 3. The molecule has 270 valence electrons. The fraction of sp³-hybridized carbons (Fsp3) is 0.410. The van der Waals surface area contributed by atoms with Crippen LogP contribution in [0.25, 0.3) is 33.6 Å². The summed E-state index contributed by atoms with van der Waals surface area (Å²) in [5, 5.41) is 5.79. The van der Waals surface area contributed by atoms with Gasteiger partial charge in [-0.1, -0.05) is 81.5 Å². The van der Waals surface area contributed by atoms with Gasteiger partial charge in [-0.2, -0.15) is 0 Å². The normalized spacial score (nSPS) is 16.7. The Labute approximate surface area is 299 Å². The Morgan fingerprint density at radius 1 is 0.961 bits per heavy atom. The third-order valence-electron chi connectivity index (χ3n) is 8.86. The molecule has 3 heterocycles. The third-order valence-corrected chi connectivity index (χ3v) is 8.86. The molecule has 12 nitrogen and oxygen atoms in total. The van der Waals surface area contributed by atoms with E-state index in [1.807, 2.05) is 45.2 Å². The first-order valence-corrected chi connectivity index (χ1v) is 17.7. The van der Waals surface area contributed by atoms with Crippen LogP contribution in [0.2, 0.25) is 0 Å². The summed E-state index contributed by atoms with van der Waals surface area (Å²) in [6.45, 7) is 7.71. The highest BCUT2D eigenvalue weighted by Gasteiger charge is 2.29. The number of benzene rings is 2. The number of hydrogen-bond acceptors (Lipinski definition) is 7. The Morgan fingerprint density at radius 3 is 2.25 bits per heavy atom. The van der Waals surface area contributed by atoms with Crippen molar-refractivity contribution < 1.29 is 23.9 Å². The number of carbonyl (C=O) groups excluding carboxylic acids is 3. The molecule has 3 amide bonds. The van der Waals surface area contributed by atoms with Gasteiger partial charge in [0.05, 0.1) is 50.1 Å². The van der Waals surface area contributed by atoms with Crippen LogP contribution >= 0.6 is 0 Å². The standard InChI is InChI=1S/C39H49N7O5/c1-5-20-46(38(48)36(26(2)3)45-39(49)50-4)25-34-40-23-32(42-34)29-15-11-27(12-16-29)28-13-17-30(18-14-28)33-24-41-37(44-33)31-19-22-51-21-9-7-6-8-10-35(47)43-31/h7,9,11-18,23-24,26,31,36H,5-6,8,10,19-22,25H2,1-4H3,(H,40,42)(H,41,44)(H,43,47)(H,45,49)/b9-7-. The lowest BCUT2D eigenvalue weighted by Gasteiger charge is -2.28. The van der Waals surface area contributed by atoms with Crippen molar-refractivity contribution in [3.05, 3.63) is 84.7 Å². The van der Waals surface area contributed by atoms with Gasteiger partial charge in [0.2, 0.25) is 11.8 Å². The minimum atomic E-state index is -0.699. The van der Waals surface area contributed by atoms with Gasteiger partial charge < -0.3 is 35.0 Å². The number of H-pyrrole nitrogens is 2. The van der Waals surface area contributed by atoms with Gasteiger partial charge in [-0.3, -0.25) is 9.59 Å². The number of allylic oxidation sites excluding steroid dienone is 1. The highest BCUT2D eigenvalue weighted by Crippen LogP contribution is 2.28. The van der Waals surface area contributed by atoms with Crippen LogP contribution in [-0.2, 0) is 25.6 Å². The summed E-state index contributed by atoms with van der Waals surface area (Å²) in [5.41, 5.74) is 5.84. The highest BCUT2D eigenvalue weighted by molar-refractivity contribution is 5.86. The van der Waals surface area contributed by atoms with E-state index >= 15 is 0 Å². The molecule has 12 heteroatoms. The summed E-state index contributed by atoms with van der Waals surface area (Å²) >= 11 is 0. The van der Waals surface area contributed by atoms with Gasteiger partial charge in [0.15, 0.2) is 0 Å². The van der Waals surface area contributed by atoms with Crippen molar-refractivity contribution in [2.24, 2.45) is 5.92 Å². The molecule has 0 spiro atoms. The van der Waals surface area contributed by atoms with E-state index in [0.717, 1.165) is 58.7 Å². The zero-order chi connectivity index (χ0) is 36.2. The smallest absolute Gasteiger partial charge is 0.407 e. The molecule has 0 aliphatic carbocycles. The average Bonchev–Trinajstić information content (AvgIpc) is 3.82. The van der Waals surface area contributed by atoms with Gasteiger partial charge in [0.1, 0.15) is 17.7 Å². The summed E-state index contributed by atoms with van der Waals surface area (Å²) in [4.78, 5) is 55.5. The number of methoxy groups -OCH3 is 1. The van der Waals surface area contributed by atoms with E-state index in [-0.39, 0.29) is 23.8 Å². The van der Waals surface area contributed by atoms with Crippen LogP contribution in [0.15, 0.2) is 73.1 Å². The van der Waals surface area contributed by atoms with Gasteiger partial charge in [0.25, 0.3) is 0 Å². The summed E-state index contributed by atoms with van der Waals surface area (Å²) in [5.74, 6) is 1.11. The quantitative estimate of drug-likeness (QED) is 0.130. The van der Waals surface area contributed by atoms with Crippen LogP contribution in [0.3, 0.4) is 0 Å². The van der Waals surface area contributed by atoms with Gasteiger partial charge >= 0.3 is 6.09 Å².